The third-order valence-electron chi connectivity index (χ3n) is 3.51. The van der Waals surface area contributed by atoms with Gasteiger partial charge in [-0.2, -0.15) is 0 Å². The molecule has 110 valence electrons. The van der Waals surface area contributed by atoms with Crippen molar-refractivity contribution in [2.75, 3.05) is 52.7 Å². The topological polar surface area (TPSA) is 57.2 Å². The van der Waals surface area contributed by atoms with Crippen LogP contribution in [0.5, 0.6) is 0 Å². The third kappa shape index (κ3) is 4.42. The molecule has 1 spiro atoms. The first kappa shape index (κ1) is 14.7. The van der Waals surface area contributed by atoms with Gasteiger partial charge in [0.2, 0.25) is 0 Å². The van der Waals surface area contributed by atoms with Crippen molar-refractivity contribution >= 4 is 5.97 Å². The molecule has 0 bridgehead atoms. The van der Waals surface area contributed by atoms with Crippen molar-refractivity contribution in [3.8, 4) is 0 Å². The minimum atomic E-state index is -0.317. The molecule has 2 heterocycles. The van der Waals surface area contributed by atoms with E-state index < -0.39 is 0 Å². The first-order valence-corrected chi connectivity index (χ1v) is 6.98. The van der Waals surface area contributed by atoms with E-state index in [2.05, 4.69) is 4.90 Å². The average Bonchev–Trinajstić information content (AvgIpc) is 2.86. The molecule has 0 atom stereocenters. The molecule has 0 unspecified atom stereocenters. The first-order valence-electron chi connectivity index (χ1n) is 6.98. The van der Waals surface area contributed by atoms with Gasteiger partial charge >= 0.3 is 5.97 Å². The zero-order chi connectivity index (χ0) is 13.6. The van der Waals surface area contributed by atoms with Crippen LogP contribution in [-0.2, 0) is 23.7 Å². The molecular weight excluding hydrogens is 250 g/mol. The summed E-state index contributed by atoms with van der Waals surface area (Å²) >= 11 is 0. The molecule has 0 aromatic heterocycles. The highest BCUT2D eigenvalue weighted by molar-refractivity contribution is 5.70. The molecule has 2 aliphatic rings. The van der Waals surface area contributed by atoms with E-state index in [0.29, 0.717) is 26.4 Å². The Morgan fingerprint density at radius 3 is 2.58 bits per heavy atom. The van der Waals surface area contributed by atoms with Crippen molar-refractivity contribution < 1.29 is 23.7 Å². The SMILES string of the molecule is CCOC(=O)COCCN1CCC2(CC1)OCCO2. The molecule has 6 heteroatoms. The molecule has 0 radical (unpaired) electrons. The molecule has 2 fully saturated rings. The van der Waals surface area contributed by atoms with Crippen molar-refractivity contribution in [3.05, 3.63) is 0 Å². The summed E-state index contributed by atoms with van der Waals surface area (Å²) < 4.78 is 21.4. The Bertz CT molecular complexity index is 281. The number of carbonyl (C=O) groups excluding carboxylic acids is 1. The van der Waals surface area contributed by atoms with Crippen LogP contribution in [0.1, 0.15) is 19.8 Å². The molecule has 0 aromatic rings. The van der Waals surface area contributed by atoms with Crippen LogP contribution in [0, 0.1) is 0 Å². The number of hydrogen-bond acceptors (Lipinski definition) is 6. The smallest absolute Gasteiger partial charge is 0.332 e. The summed E-state index contributed by atoms with van der Waals surface area (Å²) in [5.74, 6) is -0.615. The number of likely N-dealkylation sites (tertiary alicyclic amines) is 1. The summed E-state index contributed by atoms with van der Waals surface area (Å²) in [6, 6.07) is 0. The van der Waals surface area contributed by atoms with E-state index in [1.54, 1.807) is 6.92 Å². The second-order valence-electron chi connectivity index (χ2n) is 4.81. The Morgan fingerprint density at radius 2 is 1.95 bits per heavy atom. The lowest BCUT2D eigenvalue weighted by molar-refractivity contribution is -0.185. The molecule has 0 aromatic carbocycles. The summed E-state index contributed by atoms with van der Waals surface area (Å²) in [4.78, 5) is 13.4. The van der Waals surface area contributed by atoms with Crippen LogP contribution in [0.3, 0.4) is 0 Å². The van der Waals surface area contributed by atoms with Gasteiger partial charge in [-0.25, -0.2) is 4.79 Å². The molecule has 0 aliphatic carbocycles. The van der Waals surface area contributed by atoms with Crippen LogP contribution >= 0.6 is 0 Å². The Labute approximate surface area is 113 Å². The fraction of sp³-hybridized carbons (Fsp3) is 0.923. The van der Waals surface area contributed by atoms with Crippen molar-refractivity contribution in [3.63, 3.8) is 0 Å². The van der Waals surface area contributed by atoms with Gasteiger partial charge < -0.3 is 23.8 Å². The fourth-order valence-electron chi connectivity index (χ4n) is 2.45. The molecule has 2 saturated heterocycles. The second-order valence-corrected chi connectivity index (χ2v) is 4.81. The largest absolute Gasteiger partial charge is 0.464 e. The van der Waals surface area contributed by atoms with Crippen LogP contribution in [0.15, 0.2) is 0 Å². The van der Waals surface area contributed by atoms with E-state index in [1.807, 2.05) is 0 Å². The van der Waals surface area contributed by atoms with Crippen LogP contribution in [0.2, 0.25) is 0 Å². The maximum atomic E-state index is 11.1. The van der Waals surface area contributed by atoms with Gasteiger partial charge in [0.15, 0.2) is 5.79 Å². The van der Waals surface area contributed by atoms with Gasteiger partial charge in [0.05, 0.1) is 26.4 Å². The molecule has 0 amide bonds. The molecule has 2 aliphatic heterocycles. The van der Waals surface area contributed by atoms with E-state index >= 15 is 0 Å². The predicted molar refractivity (Wildman–Crippen MR) is 67.8 cm³/mol. The standard InChI is InChI=1S/C13H23NO5/c1-2-17-12(15)11-16-8-7-14-5-3-13(4-6-14)18-9-10-19-13/h2-11H2,1H3. The van der Waals surface area contributed by atoms with Gasteiger partial charge in [-0.1, -0.05) is 0 Å². The van der Waals surface area contributed by atoms with E-state index in [0.717, 1.165) is 32.5 Å². The monoisotopic (exact) mass is 273 g/mol. The van der Waals surface area contributed by atoms with Gasteiger partial charge in [-0.05, 0) is 6.92 Å². The van der Waals surface area contributed by atoms with Gasteiger partial charge in [0, 0.05) is 32.5 Å². The third-order valence-corrected chi connectivity index (χ3v) is 3.51. The molecule has 0 N–H and O–H groups in total. The highest BCUT2D eigenvalue weighted by Crippen LogP contribution is 2.30. The van der Waals surface area contributed by atoms with E-state index in [-0.39, 0.29) is 18.4 Å². The highest BCUT2D eigenvalue weighted by Gasteiger charge is 2.39. The van der Waals surface area contributed by atoms with Crippen LogP contribution < -0.4 is 0 Å². The first-order chi connectivity index (χ1) is 9.24. The number of nitrogens with zero attached hydrogens (tertiary/aromatic N) is 1. The zero-order valence-electron chi connectivity index (χ0n) is 11.6. The Hall–Kier alpha value is -0.690. The number of piperidine rings is 1. The lowest BCUT2D eigenvalue weighted by Gasteiger charge is -2.37. The van der Waals surface area contributed by atoms with E-state index in [9.17, 15) is 4.79 Å². The maximum absolute atomic E-state index is 11.1. The summed E-state index contributed by atoms with van der Waals surface area (Å²) in [6.45, 7) is 6.92. The summed E-state index contributed by atoms with van der Waals surface area (Å²) in [5.41, 5.74) is 0. The van der Waals surface area contributed by atoms with Gasteiger partial charge in [0.25, 0.3) is 0 Å². The van der Waals surface area contributed by atoms with Crippen LogP contribution in [0.4, 0.5) is 0 Å². The normalized spacial score (nSPS) is 22.8. The number of carbonyl (C=O) groups is 1. The minimum absolute atomic E-state index is 0.0395. The number of rotatable bonds is 6. The van der Waals surface area contributed by atoms with Gasteiger partial charge in [0.1, 0.15) is 6.61 Å². The number of ether oxygens (including phenoxy) is 4. The van der Waals surface area contributed by atoms with Gasteiger partial charge in [-0.3, -0.25) is 0 Å². The van der Waals surface area contributed by atoms with Crippen molar-refractivity contribution in [1.29, 1.82) is 0 Å². The summed E-state index contributed by atoms with van der Waals surface area (Å²) in [7, 11) is 0. The predicted octanol–water partition coefficient (Wildman–Crippen LogP) is 0.405. The molecule has 6 nitrogen and oxygen atoms in total. The Kier molecular flexibility index (Phi) is 5.57. The van der Waals surface area contributed by atoms with Crippen molar-refractivity contribution in [2.24, 2.45) is 0 Å². The molecule has 0 saturated carbocycles. The number of esters is 1. The quantitative estimate of drug-likeness (QED) is 0.516. The summed E-state index contributed by atoms with van der Waals surface area (Å²) in [6.07, 6.45) is 1.82. The van der Waals surface area contributed by atoms with Crippen molar-refractivity contribution in [2.45, 2.75) is 25.6 Å². The summed E-state index contributed by atoms with van der Waals surface area (Å²) in [5, 5.41) is 0. The Morgan fingerprint density at radius 1 is 1.26 bits per heavy atom. The van der Waals surface area contributed by atoms with Crippen LogP contribution in [0.25, 0.3) is 0 Å². The molecular formula is C13H23NO5. The van der Waals surface area contributed by atoms with E-state index in [1.165, 1.54) is 0 Å². The Balaban J connectivity index is 1.55. The zero-order valence-corrected chi connectivity index (χ0v) is 11.6. The minimum Gasteiger partial charge on any atom is -0.464 e. The average molecular weight is 273 g/mol. The number of hydrogen-bond donors (Lipinski definition) is 0. The fourth-order valence-corrected chi connectivity index (χ4v) is 2.45. The molecule has 2 rings (SSSR count). The van der Waals surface area contributed by atoms with Crippen LogP contribution in [-0.4, -0.2) is 69.3 Å². The van der Waals surface area contributed by atoms with Crippen molar-refractivity contribution in [1.82, 2.24) is 4.90 Å². The maximum Gasteiger partial charge on any atom is 0.332 e. The lowest BCUT2D eigenvalue weighted by atomic mass is 10.0. The van der Waals surface area contributed by atoms with E-state index in [4.69, 9.17) is 18.9 Å². The lowest BCUT2D eigenvalue weighted by Crippen LogP contribution is -2.46. The second kappa shape index (κ2) is 7.19. The van der Waals surface area contributed by atoms with Gasteiger partial charge in [-0.15, -0.1) is 0 Å². The highest BCUT2D eigenvalue weighted by atomic mass is 16.7. The molecule has 19 heavy (non-hydrogen) atoms.